The zero-order chi connectivity index (χ0) is 31.6. The first-order valence-corrected chi connectivity index (χ1v) is 15.9. The van der Waals surface area contributed by atoms with Crippen molar-refractivity contribution < 1.29 is 14.7 Å². The number of aromatic nitrogens is 1. The first kappa shape index (κ1) is 28.3. The van der Waals surface area contributed by atoms with E-state index in [0.29, 0.717) is 17.1 Å². The molecule has 224 valence electrons. The van der Waals surface area contributed by atoms with E-state index in [1.54, 1.807) is 6.07 Å². The van der Waals surface area contributed by atoms with Crippen molar-refractivity contribution in [3.63, 3.8) is 0 Å². The van der Waals surface area contributed by atoms with Gasteiger partial charge in [-0.05, 0) is 96.1 Å². The van der Waals surface area contributed by atoms with E-state index >= 15 is 4.39 Å². The molecule has 43 heavy (non-hydrogen) atoms. The fourth-order valence-electron chi connectivity index (χ4n) is 7.14. The molecule has 1 fully saturated rings. The Morgan fingerprint density at radius 1 is 0.837 bits per heavy atom. The Morgan fingerprint density at radius 3 is 2.09 bits per heavy atom. The Morgan fingerprint density at radius 2 is 1.47 bits per heavy atom. The van der Waals surface area contributed by atoms with E-state index < -0.39 is 5.89 Å². The summed E-state index contributed by atoms with van der Waals surface area (Å²) >= 11 is 0. The van der Waals surface area contributed by atoms with Gasteiger partial charge in [0.15, 0.2) is 6.20 Å². The molecule has 0 atom stereocenters. The molecular weight excluding hydrogens is 529 g/mol. The molecule has 1 aliphatic carbocycles. The van der Waals surface area contributed by atoms with Gasteiger partial charge in [0.2, 0.25) is 5.69 Å². The Labute approximate surface area is 258 Å². The lowest BCUT2D eigenvalue weighted by atomic mass is 9.68. The number of fused-ring (bicyclic) bond motifs is 3. The quantitative estimate of drug-likeness (QED) is 0.194. The van der Waals surface area contributed by atoms with Crippen LogP contribution in [0.2, 0.25) is 0 Å². The highest BCUT2D eigenvalue weighted by Gasteiger charge is 2.30. The van der Waals surface area contributed by atoms with Crippen LogP contribution in [-0.2, 0) is 13.5 Å². The monoisotopic (exact) mass is 577 g/mol. The Bertz CT molecular complexity index is 1840. The minimum Gasteiger partial charge on any atom is -0.454 e. The largest absolute Gasteiger partial charge is 0.454 e. The van der Waals surface area contributed by atoms with Crippen molar-refractivity contribution in [1.82, 2.24) is 0 Å². The van der Waals surface area contributed by atoms with Crippen molar-refractivity contribution in [3.8, 4) is 22.4 Å². The predicted octanol–water partition coefficient (Wildman–Crippen LogP) is 11.1. The van der Waals surface area contributed by atoms with Crippen molar-refractivity contribution in [2.75, 3.05) is 0 Å². The number of hydrogen-bond donors (Lipinski definition) is 0. The summed E-state index contributed by atoms with van der Waals surface area (Å²) in [6, 6.07) is 20.1. The van der Waals surface area contributed by atoms with Gasteiger partial charge >= 0.3 is 0 Å². The summed E-state index contributed by atoms with van der Waals surface area (Å²) < 4.78 is 33.8. The molecule has 5 aromatic rings. The third-order valence-electron chi connectivity index (χ3n) is 9.57. The molecule has 2 nitrogen and oxygen atoms in total. The van der Waals surface area contributed by atoms with E-state index in [1.165, 1.54) is 5.56 Å². The highest BCUT2D eigenvalue weighted by Crippen LogP contribution is 2.45. The third-order valence-corrected chi connectivity index (χ3v) is 9.57. The van der Waals surface area contributed by atoms with Gasteiger partial charge in [0.25, 0.3) is 0 Å². The third kappa shape index (κ3) is 5.76. The standard InChI is InChI=1S/C40H47FNO/c1-25-9-18-31-32-19-20-33(41)36(29-12-10-27(11-13-29)28-14-16-30(17-15-28)40(5,6)7)38(32)43-37(31)35(25)34-23-26(21-22-42(34)8)24-39(2,3)4/h9-13,18-23,28,30H,14-17,24H2,1-8H3/q+1/i28D. The summed E-state index contributed by atoms with van der Waals surface area (Å²) in [6.45, 7) is 15.8. The van der Waals surface area contributed by atoms with Gasteiger partial charge in [-0.2, -0.15) is 0 Å². The van der Waals surface area contributed by atoms with E-state index in [-0.39, 0.29) is 16.6 Å². The molecular formula is C40H47FNO+. The molecule has 0 radical (unpaired) electrons. The van der Waals surface area contributed by atoms with Gasteiger partial charge in [0.05, 0.1) is 11.1 Å². The molecule has 2 heterocycles. The van der Waals surface area contributed by atoms with Gasteiger partial charge in [-0.15, -0.1) is 0 Å². The van der Waals surface area contributed by atoms with Gasteiger partial charge in [-0.3, -0.25) is 0 Å². The highest BCUT2D eigenvalue weighted by atomic mass is 19.1. The highest BCUT2D eigenvalue weighted by molar-refractivity contribution is 6.13. The number of aryl methyl sites for hydroxylation is 2. The summed E-state index contributed by atoms with van der Waals surface area (Å²) in [5.74, 6) is -0.239. The summed E-state index contributed by atoms with van der Waals surface area (Å²) in [5, 5.41) is 1.90. The van der Waals surface area contributed by atoms with E-state index in [2.05, 4.69) is 90.5 Å². The van der Waals surface area contributed by atoms with Crippen molar-refractivity contribution in [2.24, 2.45) is 23.8 Å². The van der Waals surface area contributed by atoms with Crippen molar-refractivity contribution >= 4 is 21.9 Å². The van der Waals surface area contributed by atoms with Crippen molar-refractivity contribution in [3.05, 3.63) is 89.4 Å². The molecule has 1 saturated carbocycles. The molecule has 0 bridgehead atoms. The Hall–Kier alpha value is -3.46. The molecule has 1 aliphatic rings. The Balaban J connectivity index is 1.43. The van der Waals surface area contributed by atoms with Crippen molar-refractivity contribution in [2.45, 2.75) is 86.5 Å². The topological polar surface area (TPSA) is 17.0 Å². The van der Waals surface area contributed by atoms with E-state index in [9.17, 15) is 1.37 Å². The second kappa shape index (κ2) is 10.9. The molecule has 3 aromatic carbocycles. The lowest BCUT2D eigenvalue weighted by Gasteiger charge is -2.37. The maximum atomic E-state index is 15.7. The van der Waals surface area contributed by atoms with Crippen LogP contribution in [0.1, 0.15) is 91.2 Å². The normalized spacial score (nSPS) is 20.1. The summed E-state index contributed by atoms with van der Waals surface area (Å²) in [6.07, 6.45) is 6.95. The smallest absolute Gasteiger partial charge is 0.216 e. The van der Waals surface area contributed by atoms with E-state index in [4.69, 9.17) is 4.42 Å². The second-order valence-corrected chi connectivity index (χ2v) is 15.1. The summed E-state index contributed by atoms with van der Waals surface area (Å²) in [4.78, 5) is 0. The number of benzene rings is 3. The second-order valence-electron chi connectivity index (χ2n) is 15.1. The molecule has 2 aromatic heterocycles. The minimum atomic E-state index is -0.590. The first-order chi connectivity index (χ1) is 20.6. The van der Waals surface area contributed by atoms with Gasteiger partial charge < -0.3 is 4.42 Å². The van der Waals surface area contributed by atoms with Gasteiger partial charge in [-0.1, -0.05) is 77.9 Å². The van der Waals surface area contributed by atoms with Gasteiger partial charge in [0, 0.05) is 24.3 Å². The molecule has 0 N–H and O–H groups in total. The van der Waals surface area contributed by atoms with Crippen molar-refractivity contribution in [1.29, 1.82) is 0 Å². The zero-order valence-electron chi connectivity index (χ0n) is 28.2. The zero-order valence-corrected chi connectivity index (χ0v) is 27.2. The summed E-state index contributed by atoms with van der Waals surface area (Å²) in [5.41, 5.74) is 8.61. The number of hydrogen-bond acceptors (Lipinski definition) is 1. The first-order valence-electron chi connectivity index (χ1n) is 16.4. The van der Waals surface area contributed by atoms with Crippen LogP contribution in [-0.4, -0.2) is 0 Å². The molecule has 0 unspecified atom stereocenters. The molecule has 0 amide bonds. The van der Waals surface area contributed by atoms with Gasteiger partial charge in [-0.25, -0.2) is 8.96 Å². The van der Waals surface area contributed by atoms with Crippen LogP contribution >= 0.6 is 0 Å². The molecule has 0 aliphatic heterocycles. The number of rotatable bonds is 4. The minimum absolute atomic E-state index is 0.172. The lowest BCUT2D eigenvalue weighted by Crippen LogP contribution is -2.31. The lowest BCUT2D eigenvalue weighted by molar-refractivity contribution is -0.660. The van der Waals surface area contributed by atoms with Gasteiger partial charge in [0.1, 0.15) is 24.0 Å². The van der Waals surface area contributed by atoms with Crippen LogP contribution in [0.15, 0.2) is 71.3 Å². The molecule has 0 saturated heterocycles. The fourth-order valence-corrected chi connectivity index (χ4v) is 7.14. The average Bonchev–Trinajstić information content (AvgIpc) is 3.31. The van der Waals surface area contributed by atoms with Crippen LogP contribution in [0.4, 0.5) is 4.39 Å². The summed E-state index contributed by atoms with van der Waals surface area (Å²) in [7, 11) is 2.07. The van der Waals surface area contributed by atoms with Crippen LogP contribution in [0.5, 0.6) is 0 Å². The molecule has 3 heteroatoms. The number of furan rings is 1. The van der Waals surface area contributed by atoms with Crippen LogP contribution in [0.25, 0.3) is 44.3 Å². The maximum absolute atomic E-state index is 15.7. The van der Waals surface area contributed by atoms with Crippen LogP contribution < -0.4 is 4.57 Å². The number of nitrogens with zero attached hydrogens (tertiary/aromatic N) is 1. The van der Waals surface area contributed by atoms with Crippen LogP contribution in [0, 0.1) is 29.5 Å². The number of pyridine rings is 1. The number of halogens is 1. The average molecular weight is 578 g/mol. The molecule has 0 spiro atoms. The Kier molecular flexibility index (Phi) is 7.19. The van der Waals surface area contributed by atoms with E-state index in [1.807, 2.05) is 30.3 Å². The molecule has 6 rings (SSSR count). The van der Waals surface area contributed by atoms with Crippen LogP contribution in [0.3, 0.4) is 0 Å². The SMILES string of the molecule is [2H]C1(c2ccc(-c3c(F)ccc4c3oc3c(-c5cc(CC(C)(C)C)cc[n+]5C)c(C)ccc34)cc2)CCC(C(C)(C)C)CC1. The predicted molar refractivity (Wildman–Crippen MR) is 178 cm³/mol. The fraction of sp³-hybridized carbons (Fsp3) is 0.425. The van der Waals surface area contributed by atoms with E-state index in [0.717, 1.165) is 76.4 Å². The maximum Gasteiger partial charge on any atom is 0.216 e.